The highest BCUT2D eigenvalue weighted by atomic mass is 16.5. The van der Waals surface area contributed by atoms with Gasteiger partial charge in [0.1, 0.15) is 5.75 Å². The van der Waals surface area contributed by atoms with Crippen molar-refractivity contribution in [3.63, 3.8) is 0 Å². The summed E-state index contributed by atoms with van der Waals surface area (Å²) < 4.78 is 5.03. The molecule has 0 atom stereocenters. The molecule has 0 fully saturated rings. The molecule has 0 spiro atoms. The second-order valence-corrected chi connectivity index (χ2v) is 5.08. The standard InChI is InChI=1S/C18H17NO4/c1-12-5-3-7-14(9-12)19-18(22)17(21)11-16(20)13-6-4-8-15(10-13)23-2/h3-10H,11H2,1-2H3,(H,19,22). The highest BCUT2D eigenvalue weighted by Gasteiger charge is 2.19. The third-order valence-corrected chi connectivity index (χ3v) is 3.24. The minimum absolute atomic E-state index is 0.334. The Labute approximate surface area is 134 Å². The van der Waals surface area contributed by atoms with Crippen molar-refractivity contribution in [2.45, 2.75) is 13.3 Å². The molecule has 2 rings (SSSR count). The Bertz CT molecular complexity index is 752. The van der Waals surface area contributed by atoms with E-state index >= 15 is 0 Å². The van der Waals surface area contributed by atoms with Crippen LogP contribution in [-0.2, 0) is 9.59 Å². The van der Waals surface area contributed by atoms with Gasteiger partial charge in [-0.25, -0.2) is 0 Å². The number of hydrogen-bond donors (Lipinski definition) is 1. The Morgan fingerprint density at radius 3 is 2.48 bits per heavy atom. The SMILES string of the molecule is COc1cccc(C(=O)CC(=O)C(=O)Nc2cccc(C)c2)c1. The van der Waals surface area contributed by atoms with Crippen LogP contribution in [0.25, 0.3) is 0 Å². The molecule has 0 aliphatic rings. The molecule has 5 nitrogen and oxygen atoms in total. The van der Waals surface area contributed by atoms with Gasteiger partial charge in [0.15, 0.2) is 5.78 Å². The third-order valence-electron chi connectivity index (χ3n) is 3.24. The molecule has 0 aromatic heterocycles. The van der Waals surface area contributed by atoms with Crippen molar-refractivity contribution in [2.24, 2.45) is 0 Å². The van der Waals surface area contributed by atoms with Crippen LogP contribution >= 0.6 is 0 Å². The number of aryl methyl sites for hydroxylation is 1. The number of ether oxygens (including phenoxy) is 1. The van der Waals surface area contributed by atoms with E-state index in [2.05, 4.69) is 5.32 Å². The molecule has 1 amide bonds. The van der Waals surface area contributed by atoms with E-state index in [1.54, 1.807) is 36.4 Å². The molecule has 2 aromatic rings. The van der Waals surface area contributed by atoms with Crippen molar-refractivity contribution in [3.8, 4) is 5.75 Å². The zero-order chi connectivity index (χ0) is 16.8. The fraction of sp³-hybridized carbons (Fsp3) is 0.167. The number of rotatable bonds is 6. The predicted molar refractivity (Wildman–Crippen MR) is 86.8 cm³/mol. The molecule has 0 saturated carbocycles. The van der Waals surface area contributed by atoms with Gasteiger partial charge in [0, 0.05) is 11.3 Å². The van der Waals surface area contributed by atoms with Crippen LogP contribution in [0.4, 0.5) is 5.69 Å². The quantitative estimate of drug-likeness (QED) is 0.506. The first-order valence-corrected chi connectivity index (χ1v) is 7.07. The number of Topliss-reactive ketones (excluding diaryl/α,β-unsaturated/α-hetero) is 2. The molecule has 5 heteroatoms. The normalized spacial score (nSPS) is 10.0. The van der Waals surface area contributed by atoms with Gasteiger partial charge in [-0.15, -0.1) is 0 Å². The van der Waals surface area contributed by atoms with Gasteiger partial charge < -0.3 is 10.1 Å². The zero-order valence-corrected chi connectivity index (χ0v) is 13.0. The van der Waals surface area contributed by atoms with E-state index in [1.807, 2.05) is 13.0 Å². The van der Waals surface area contributed by atoms with Crippen LogP contribution in [0, 0.1) is 6.92 Å². The van der Waals surface area contributed by atoms with Crippen LogP contribution in [0.2, 0.25) is 0 Å². The summed E-state index contributed by atoms with van der Waals surface area (Å²) in [4.78, 5) is 35.9. The summed E-state index contributed by atoms with van der Waals surface area (Å²) in [5, 5.41) is 2.50. The highest BCUT2D eigenvalue weighted by molar-refractivity contribution is 6.44. The fourth-order valence-electron chi connectivity index (χ4n) is 2.05. The summed E-state index contributed by atoms with van der Waals surface area (Å²) in [6.07, 6.45) is -0.481. The summed E-state index contributed by atoms with van der Waals surface area (Å²) in [6, 6.07) is 13.6. The Morgan fingerprint density at radius 2 is 1.78 bits per heavy atom. The van der Waals surface area contributed by atoms with Gasteiger partial charge in [-0.3, -0.25) is 14.4 Å². The van der Waals surface area contributed by atoms with Crippen LogP contribution in [0.3, 0.4) is 0 Å². The Hall–Kier alpha value is -2.95. The third kappa shape index (κ3) is 4.51. The molecule has 0 bridgehead atoms. The van der Waals surface area contributed by atoms with Gasteiger partial charge in [-0.2, -0.15) is 0 Å². The number of hydrogen-bond acceptors (Lipinski definition) is 4. The van der Waals surface area contributed by atoms with Crippen molar-refractivity contribution in [1.29, 1.82) is 0 Å². The van der Waals surface area contributed by atoms with E-state index in [0.717, 1.165) is 5.56 Å². The maximum absolute atomic E-state index is 12.1. The molecule has 0 aliphatic carbocycles. The maximum atomic E-state index is 12.1. The van der Waals surface area contributed by atoms with Gasteiger partial charge in [-0.05, 0) is 36.8 Å². The number of nitrogens with one attached hydrogen (secondary N) is 1. The van der Waals surface area contributed by atoms with Crippen LogP contribution < -0.4 is 10.1 Å². The van der Waals surface area contributed by atoms with E-state index in [9.17, 15) is 14.4 Å². The van der Waals surface area contributed by atoms with Gasteiger partial charge in [0.2, 0.25) is 5.78 Å². The molecule has 1 N–H and O–H groups in total. The van der Waals surface area contributed by atoms with E-state index < -0.39 is 23.9 Å². The molecule has 0 unspecified atom stereocenters. The van der Waals surface area contributed by atoms with E-state index in [1.165, 1.54) is 13.2 Å². The average Bonchev–Trinajstić information content (AvgIpc) is 2.54. The smallest absolute Gasteiger partial charge is 0.292 e. The van der Waals surface area contributed by atoms with Crippen molar-refractivity contribution < 1.29 is 19.1 Å². The average molecular weight is 311 g/mol. The first-order chi connectivity index (χ1) is 11.0. The predicted octanol–water partition coefficient (Wildman–Crippen LogP) is 2.78. The lowest BCUT2D eigenvalue weighted by Gasteiger charge is -2.06. The lowest BCUT2D eigenvalue weighted by Crippen LogP contribution is -2.25. The molecule has 0 radical (unpaired) electrons. The van der Waals surface area contributed by atoms with E-state index in [4.69, 9.17) is 4.74 Å². The summed E-state index contributed by atoms with van der Waals surface area (Å²) in [6.45, 7) is 1.88. The van der Waals surface area contributed by atoms with Crippen molar-refractivity contribution >= 4 is 23.2 Å². The lowest BCUT2D eigenvalue weighted by molar-refractivity contribution is -0.134. The molecule has 0 heterocycles. The number of anilines is 1. The first kappa shape index (κ1) is 16.4. The van der Waals surface area contributed by atoms with Crippen LogP contribution in [-0.4, -0.2) is 24.6 Å². The summed E-state index contributed by atoms with van der Waals surface area (Å²) >= 11 is 0. The first-order valence-electron chi connectivity index (χ1n) is 7.07. The minimum Gasteiger partial charge on any atom is -0.497 e. The summed E-state index contributed by atoms with van der Waals surface area (Å²) in [7, 11) is 1.49. The lowest BCUT2D eigenvalue weighted by atomic mass is 10.1. The van der Waals surface area contributed by atoms with Crippen molar-refractivity contribution in [2.75, 3.05) is 12.4 Å². The largest absolute Gasteiger partial charge is 0.497 e. The van der Waals surface area contributed by atoms with Gasteiger partial charge in [0.05, 0.1) is 13.5 Å². The van der Waals surface area contributed by atoms with Gasteiger partial charge in [-0.1, -0.05) is 24.3 Å². The topological polar surface area (TPSA) is 72.5 Å². The van der Waals surface area contributed by atoms with E-state index in [0.29, 0.717) is 17.0 Å². The number of ketones is 2. The molecule has 0 aliphatic heterocycles. The monoisotopic (exact) mass is 311 g/mol. The van der Waals surface area contributed by atoms with Crippen LogP contribution in [0.1, 0.15) is 22.3 Å². The second-order valence-electron chi connectivity index (χ2n) is 5.08. The Balaban J connectivity index is 2.00. The maximum Gasteiger partial charge on any atom is 0.292 e. The number of benzene rings is 2. The van der Waals surface area contributed by atoms with Crippen LogP contribution in [0.5, 0.6) is 5.75 Å². The molecule has 118 valence electrons. The molecule has 23 heavy (non-hydrogen) atoms. The minimum atomic E-state index is -0.799. The zero-order valence-electron chi connectivity index (χ0n) is 13.0. The number of carbonyl (C=O) groups excluding carboxylic acids is 3. The molecular weight excluding hydrogens is 294 g/mol. The number of carbonyl (C=O) groups is 3. The number of amides is 1. The Kier molecular flexibility index (Phi) is 5.25. The Morgan fingerprint density at radius 1 is 1.04 bits per heavy atom. The summed E-state index contributed by atoms with van der Waals surface area (Å²) in [5.41, 5.74) is 1.82. The second kappa shape index (κ2) is 7.35. The van der Waals surface area contributed by atoms with Crippen LogP contribution in [0.15, 0.2) is 48.5 Å². The molecule has 2 aromatic carbocycles. The fourth-order valence-corrected chi connectivity index (χ4v) is 2.05. The van der Waals surface area contributed by atoms with Gasteiger partial charge >= 0.3 is 0 Å². The highest BCUT2D eigenvalue weighted by Crippen LogP contribution is 2.15. The van der Waals surface area contributed by atoms with Crippen molar-refractivity contribution in [1.82, 2.24) is 0 Å². The van der Waals surface area contributed by atoms with Crippen molar-refractivity contribution in [3.05, 3.63) is 59.7 Å². The molecular formula is C18H17NO4. The van der Waals surface area contributed by atoms with E-state index in [-0.39, 0.29) is 0 Å². The summed E-state index contributed by atoms with van der Waals surface area (Å²) in [5.74, 6) is -1.48. The van der Waals surface area contributed by atoms with Gasteiger partial charge in [0.25, 0.3) is 5.91 Å². The number of methoxy groups -OCH3 is 1. The molecule has 0 saturated heterocycles.